The number of benzene rings is 1. The average Bonchev–Trinajstić information content (AvgIpc) is 2.21. The molecule has 0 radical (unpaired) electrons. The van der Waals surface area contributed by atoms with Crippen molar-refractivity contribution in [3.05, 3.63) is 26.2 Å². The van der Waals surface area contributed by atoms with E-state index < -0.39 is 17.8 Å². The molecule has 0 unspecified atom stereocenters. The molecule has 0 aromatic heterocycles. The zero-order valence-electron chi connectivity index (χ0n) is 8.37. The van der Waals surface area contributed by atoms with Gasteiger partial charge < -0.3 is 0 Å². The Kier molecular flexibility index (Phi) is 3.48. The molecule has 0 saturated carbocycles. The monoisotopic (exact) mass is 408 g/mol. The summed E-state index contributed by atoms with van der Waals surface area (Å²) >= 11 is 5.44. The van der Waals surface area contributed by atoms with E-state index in [1.807, 2.05) is 0 Å². The number of carbonyl (C=O) groups excluding carboxylic acids is 3. The van der Waals surface area contributed by atoms with Crippen molar-refractivity contribution < 1.29 is 14.4 Å². The first kappa shape index (κ1) is 12.5. The van der Waals surface area contributed by atoms with E-state index in [1.54, 1.807) is 18.2 Å². The molecule has 5 nitrogen and oxygen atoms in total. The van der Waals surface area contributed by atoms with Crippen molar-refractivity contribution in [3.63, 3.8) is 0 Å². The van der Waals surface area contributed by atoms with Crippen LogP contribution in [0.2, 0.25) is 0 Å². The van der Waals surface area contributed by atoms with Crippen LogP contribution in [0.25, 0.3) is 0 Å². The molecule has 0 spiro atoms. The van der Waals surface area contributed by atoms with E-state index in [4.69, 9.17) is 0 Å². The summed E-state index contributed by atoms with van der Waals surface area (Å²) in [6.07, 6.45) is -0.310. The third kappa shape index (κ3) is 2.49. The van der Waals surface area contributed by atoms with Gasteiger partial charge in [0, 0.05) is 8.04 Å². The fourth-order valence-corrected chi connectivity index (χ4v) is 2.14. The number of amides is 4. The lowest BCUT2D eigenvalue weighted by atomic mass is 10.2. The van der Waals surface area contributed by atoms with Crippen molar-refractivity contribution >= 4 is 62.1 Å². The average molecular weight is 409 g/mol. The maximum Gasteiger partial charge on any atom is 0.335 e. The van der Waals surface area contributed by atoms with Crippen molar-refractivity contribution in [2.45, 2.75) is 6.42 Å². The van der Waals surface area contributed by atoms with Crippen LogP contribution in [-0.2, 0) is 9.59 Å². The summed E-state index contributed by atoms with van der Waals surface area (Å²) in [4.78, 5) is 35.2. The Morgan fingerprint density at radius 2 is 2.00 bits per heavy atom. The van der Waals surface area contributed by atoms with Gasteiger partial charge in [-0.3, -0.25) is 14.9 Å². The van der Waals surface area contributed by atoms with Crippen LogP contribution in [0.1, 0.15) is 6.42 Å². The van der Waals surface area contributed by atoms with Crippen LogP contribution in [0.4, 0.5) is 10.5 Å². The second-order valence-electron chi connectivity index (χ2n) is 3.36. The van der Waals surface area contributed by atoms with Crippen molar-refractivity contribution in [2.24, 2.45) is 0 Å². The Balaban J connectivity index is 2.38. The molecule has 2 rings (SSSR count). The zero-order valence-corrected chi connectivity index (χ0v) is 12.1. The molecule has 1 N–H and O–H groups in total. The van der Waals surface area contributed by atoms with Gasteiger partial charge in [-0.05, 0) is 56.7 Å². The van der Waals surface area contributed by atoms with E-state index in [1.165, 1.54) is 0 Å². The minimum atomic E-state index is -0.709. The molecule has 1 fully saturated rings. The maximum atomic E-state index is 11.6. The smallest absolute Gasteiger partial charge is 0.277 e. The highest BCUT2D eigenvalue weighted by atomic mass is 127. The highest BCUT2D eigenvalue weighted by Crippen LogP contribution is 2.26. The van der Waals surface area contributed by atoms with Gasteiger partial charge in [-0.15, -0.1) is 0 Å². The van der Waals surface area contributed by atoms with E-state index in [0.717, 1.165) is 12.9 Å². The summed E-state index contributed by atoms with van der Waals surface area (Å²) in [6, 6.07) is 4.38. The Hall–Kier alpha value is -0.960. The standard InChI is InChI=1S/C10H6BrIN2O3/c11-6-3-5(1-2-7(6)12)14-9(16)4-8(15)13-10(14)17/h1-3H,4H2,(H,13,15,17). The van der Waals surface area contributed by atoms with E-state index >= 15 is 0 Å². The number of hydrogen-bond donors (Lipinski definition) is 1. The summed E-state index contributed by atoms with van der Waals surface area (Å²) in [7, 11) is 0. The van der Waals surface area contributed by atoms with E-state index in [2.05, 4.69) is 43.8 Å². The Morgan fingerprint density at radius 3 is 2.59 bits per heavy atom. The Morgan fingerprint density at radius 1 is 1.29 bits per heavy atom. The number of nitrogens with one attached hydrogen (secondary N) is 1. The lowest BCUT2D eigenvalue weighted by molar-refractivity contribution is -0.128. The number of nitrogens with zero attached hydrogens (tertiary/aromatic N) is 1. The molecule has 0 bridgehead atoms. The molecule has 88 valence electrons. The Labute approximate surface area is 119 Å². The van der Waals surface area contributed by atoms with Gasteiger partial charge in [0.1, 0.15) is 6.42 Å². The lowest BCUT2D eigenvalue weighted by Crippen LogP contribution is -2.52. The van der Waals surface area contributed by atoms with Crippen LogP contribution < -0.4 is 10.2 Å². The SMILES string of the molecule is O=C1CC(=O)N(c2ccc(I)c(Br)c2)C(=O)N1. The number of carbonyl (C=O) groups is 3. The summed E-state index contributed by atoms with van der Waals surface area (Å²) in [6.45, 7) is 0. The number of barbiturate groups is 1. The van der Waals surface area contributed by atoms with E-state index in [9.17, 15) is 14.4 Å². The van der Waals surface area contributed by atoms with Gasteiger partial charge in [-0.1, -0.05) is 0 Å². The van der Waals surface area contributed by atoms with E-state index in [0.29, 0.717) is 5.69 Å². The molecular formula is C10H6BrIN2O3. The minimum absolute atomic E-state index is 0.310. The second kappa shape index (κ2) is 4.73. The Bertz CT molecular complexity index is 512. The van der Waals surface area contributed by atoms with E-state index in [-0.39, 0.29) is 6.42 Å². The van der Waals surface area contributed by atoms with Gasteiger partial charge in [0.05, 0.1) is 5.69 Å². The highest BCUT2D eigenvalue weighted by molar-refractivity contribution is 14.1. The van der Waals surface area contributed by atoms with Crippen molar-refractivity contribution in [3.8, 4) is 0 Å². The van der Waals surface area contributed by atoms with Crippen LogP contribution in [0.15, 0.2) is 22.7 Å². The second-order valence-corrected chi connectivity index (χ2v) is 5.37. The third-order valence-corrected chi connectivity index (χ3v) is 4.51. The number of hydrogen-bond acceptors (Lipinski definition) is 3. The molecule has 1 heterocycles. The molecule has 17 heavy (non-hydrogen) atoms. The predicted molar refractivity (Wildman–Crippen MR) is 72.5 cm³/mol. The molecular weight excluding hydrogens is 403 g/mol. The molecule has 1 saturated heterocycles. The summed E-state index contributed by atoms with van der Waals surface area (Å²) < 4.78 is 1.75. The topological polar surface area (TPSA) is 66.5 Å². The summed E-state index contributed by atoms with van der Waals surface area (Å²) in [5.41, 5.74) is 0.437. The van der Waals surface area contributed by atoms with Gasteiger partial charge in [0.15, 0.2) is 0 Å². The molecule has 0 aliphatic carbocycles. The summed E-state index contributed by atoms with van der Waals surface area (Å²) in [5.74, 6) is -1.09. The number of imide groups is 2. The first-order valence-corrected chi connectivity index (χ1v) is 6.48. The zero-order chi connectivity index (χ0) is 12.6. The molecule has 1 aromatic carbocycles. The molecule has 7 heteroatoms. The minimum Gasteiger partial charge on any atom is -0.277 e. The van der Waals surface area contributed by atoms with Gasteiger partial charge in [-0.2, -0.15) is 0 Å². The first-order valence-electron chi connectivity index (χ1n) is 4.61. The predicted octanol–water partition coefficient (Wildman–Crippen LogP) is 2.03. The summed E-state index contributed by atoms with van der Waals surface area (Å²) in [5, 5.41) is 2.10. The molecule has 4 amide bonds. The van der Waals surface area contributed by atoms with Crippen LogP contribution >= 0.6 is 38.5 Å². The highest BCUT2D eigenvalue weighted by Gasteiger charge is 2.32. The number of rotatable bonds is 1. The van der Waals surface area contributed by atoms with Gasteiger partial charge in [0.2, 0.25) is 11.8 Å². The van der Waals surface area contributed by atoms with Crippen LogP contribution in [0.5, 0.6) is 0 Å². The van der Waals surface area contributed by atoms with Crippen LogP contribution in [0.3, 0.4) is 0 Å². The normalized spacial score (nSPS) is 16.1. The molecule has 0 atom stereocenters. The van der Waals surface area contributed by atoms with Gasteiger partial charge in [0.25, 0.3) is 0 Å². The lowest BCUT2D eigenvalue weighted by Gasteiger charge is -2.24. The van der Waals surface area contributed by atoms with Crippen molar-refractivity contribution in [1.82, 2.24) is 5.32 Å². The molecule has 1 aromatic rings. The van der Waals surface area contributed by atoms with Crippen molar-refractivity contribution in [1.29, 1.82) is 0 Å². The van der Waals surface area contributed by atoms with Crippen LogP contribution in [0, 0.1) is 3.57 Å². The fraction of sp³-hybridized carbons (Fsp3) is 0.100. The van der Waals surface area contributed by atoms with Crippen molar-refractivity contribution in [2.75, 3.05) is 4.90 Å². The quantitative estimate of drug-likeness (QED) is 0.571. The number of halogens is 2. The molecule has 1 aliphatic rings. The van der Waals surface area contributed by atoms with Crippen LogP contribution in [-0.4, -0.2) is 17.8 Å². The number of anilines is 1. The largest absolute Gasteiger partial charge is 0.335 e. The fourth-order valence-electron chi connectivity index (χ4n) is 1.43. The van der Waals surface area contributed by atoms with Gasteiger partial charge in [-0.25, -0.2) is 9.69 Å². The number of urea groups is 1. The maximum absolute atomic E-state index is 11.6. The molecule has 1 aliphatic heterocycles. The third-order valence-electron chi connectivity index (χ3n) is 2.17. The van der Waals surface area contributed by atoms with Gasteiger partial charge >= 0.3 is 6.03 Å². The first-order chi connectivity index (χ1) is 7.99.